The van der Waals surface area contributed by atoms with Crippen molar-refractivity contribution in [2.75, 3.05) is 37.6 Å². The predicted octanol–water partition coefficient (Wildman–Crippen LogP) is 2.66. The molecule has 0 bridgehead atoms. The van der Waals surface area contributed by atoms with Gasteiger partial charge in [-0.3, -0.25) is 9.59 Å². The Morgan fingerprint density at radius 2 is 1.77 bits per heavy atom. The smallest absolute Gasteiger partial charge is 0.261 e. The van der Waals surface area contributed by atoms with Gasteiger partial charge in [0, 0.05) is 49.7 Å². The molecule has 0 atom stereocenters. The van der Waals surface area contributed by atoms with Gasteiger partial charge in [0.15, 0.2) is 0 Å². The molecule has 26 heavy (non-hydrogen) atoms. The zero-order valence-corrected chi connectivity index (χ0v) is 15.5. The van der Waals surface area contributed by atoms with Gasteiger partial charge in [0.2, 0.25) is 5.91 Å². The molecule has 1 aromatic carbocycles. The Morgan fingerprint density at radius 3 is 2.38 bits per heavy atom. The summed E-state index contributed by atoms with van der Waals surface area (Å²) in [5.74, 6) is -0.328. The SMILES string of the molecule is Cc1ccc(C(=O)NCCC(=O)N2CCN(c3ccc(F)cc3)CC2)s1. The molecule has 1 N–H and O–H groups in total. The predicted molar refractivity (Wildman–Crippen MR) is 101 cm³/mol. The lowest BCUT2D eigenvalue weighted by Crippen LogP contribution is -2.49. The number of halogens is 1. The molecule has 0 spiro atoms. The van der Waals surface area contributed by atoms with Crippen LogP contribution in [0.2, 0.25) is 0 Å². The van der Waals surface area contributed by atoms with Crippen molar-refractivity contribution < 1.29 is 14.0 Å². The zero-order chi connectivity index (χ0) is 18.5. The number of amides is 2. The first-order chi connectivity index (χ1) is 12.5. The molecule has 0 radical (unpaired) electrons. The van der Waals surface area contributed by atoms with Gasteiger partial charge in [0.05, 0.1) is 4.88 Å². The van der Waals surface area contributed by atoms with Gasteiger partial charge in [0.25, 0.3) is 5.91 Å². The van der Waals surface area contributed by atoms with Crippen molar-refractivity contribution in [3.63, 3.8) is 0 Å². The molecule has 2 heterocycles. The molecule has 5 nitrogen and oxygen atoms in total. The molecule has 2 aromatic rings. The van der Waals surface area contributed by atoms with E-state index in [1.54, 1.807) is 18.2 Å². The molecule has 1 aliphatic rings. The molecule has 7 heteroatoms. The van der Waals surface area contributed by atoms with Gasteiger partial charge < -0.3 is 15.1 Å². The number of rotatable bonds is 5. The number of carbonyl (C=O) groups is 2. The van der Waals surface area contributed by atoms with Crippen molar-refractivity contribution in [2.24, 2.45) is 0 Å². The van der Waals surface area contributed by atoms with Crippen molar-refractivity contribution in [3.05, 3.63) is 52.0 Å². The van der Waals surface area contributed by atoms with E-state index in [9.17, 15) is 14.0 Å². The van der Waals surface area contributed by atoms with Gasteiger partial charge in [-0.25, -0.2) is 4.39 Å². The fourth-order valence-electron chi connectivity index (χ4n) is 2.95. The summed E-state index contributed by atoms with van der Waals surface area (Å²) in [6.45, 7) is 5.00. The highest BCUT2D eigenvalue weighted by atomic mass is 32.1. The van der Waals surface area contributed by atoms with Crippen LogP contribution in [0.1, 0.15) is 21.0 Å². The Hall–Kier alpha value is -2.41. The van der Waals surface area contributed by atoms with E-state index < -0.39 is 0 Å². The highest BCUT2D eigenvalue weighted by Gasteiger charge is 2.21. The second kappa shape index (κ2) is 8.31. The van der Waals surface area contributed by atoms with Crippen LogP contribution < -0.4 is 10.2 Å². The number of nitrogens with one attached hydrogen (secondary N) is 1. The average molecular weight is 375 g/mol. The molecule has 1 aromatic heterocycles. The van der Waals surface area contributed by atoms with E-state index in [2.05, 4.69) is 10.2 Å². The first-order valence-electron chi connectivity index (χ1n) is 8.66. The Morgan fingerprint density at radius 1 is 1.08 bits per heavy atom. The molecule has 0 aliphatic carbocycles. The van der Waals surface area contributed by atoms with E-state index >= 15 is 0 Å². The fraction of sp³-hybridized carbons (Fsp3) is 0.368. The second-order valence-electron chi connectivity index (χ2n) is 6.26. The van der Waals surface area contributed by atoms with Crippen LogP contribution in [0.25, 0.3) is 0 Å². The largest absolute Gasteiger partial charge is 0.368 e. The minimum atomic E-state index is -0.248. The summed E-state index contributed by atoms with van der Waals surface area (Å²) in [4.78, 5) is 30.0. The van der Waals surface area contributed by atoms with Crippen LogP contribution in [0, 0.1) is 12.7 Å². The molecular formula is C19H22FN3O2S. The molecule has 1 aliphatic heterocycles. The maximum Gasteiger partial charge on any atom is 0.261 e. The van der Waals surface area contributed by atoms with Crippen LogP contribution in [-0.2, 0) is 4.79 Å². The summed E-state index contributed by atoms with van der Waals surface area (Å²) < 4.78 is 13.0. The van der Waals surface area contributed by atoms with Crippen molar-refractivity contribution >= 4 is 28.8 Å². The van der Waals surface area contributed by atoms with Gasteiger partial charge in [-0.15, -0.1) is 11.3 Å². The van der Waals surface area contributed by atoms with Gasteiger partial charge in [-0.1, -0.05) is 0 Å². The number of carbonyl (C=O) groups excluding carboxylic acids is 2. The quantitative estimate of drug-likeness (QED) is 0.874. The maximum absolute atomic E-state index is 13.0. The summed E-state index contributed by atoms with van der Waals surface area (Å²) >= 11 is 1.45. The summed E-state index contributed by atoms with van der Waals surface area (Å²) in [5.41, 5.74) is 0.969. The minimum Gasteiger partial charge on any atom is -0.368 e. The highest BCUT2D eigenvalue weighted by Crippen LogP contribution is 2.17. The number of benzene rings is 1. The van der Waals surface area contributed by atoms with Crippen LogP contribution in [0.15, 0.2) is 36.4 Å². The van der Waals surface area contributed by atoms with Gasteiger partial charge >= 0.3 is 0 Å². The summed E-state index contributed by atoms with van der Waals surface area (Å²) in [7, 11) is 0. The van der Waals surface area contributed by atoms with Crippen LogP contribution >= 0.6 is 11.3 Å². The molecular weight excluding hydrogens is 353 g/mol. The molecule has 1 fully saturated rings. The van der Waals surface area contributed by atoms with Crippen LogP contribution in [-0.4, -0.2) is 49.4 Å². The Balaban J connectivity index is 1.41. The first kappa shape index (κ1) is 18.4. The number of anilines is 1. The minimum absolute atomic E-state index is 0.0476. The number of aryl methyl sites for hydroxylation is 1. The molecule has 3 rings (SSSR count). The van der Waals surface area contributed by atoms with E-state index in [0.29, 0.717) is 30.9 Å². The monoisotopic (exact) mass is 375 g/mol. The van der Waals surface area contributed by atoms with E-state index in [4.69, 9.17) is 0 Å². The number of piperazine rings is 1. The zero-order valence-electron chi connectivity index (χ0n) is 14.7. The van der Waals surface area contributed by atoms with Crippen molar-refractivity contribution in [1.82, 2.24) is 10.2 Å². The normalized spacial score (nSPS) is 14.4. The summed E-state index contributed by atoms with van der Waals surface area (Å²) in [6.07, 6.45) is 0.298. The topological polar surface area (TPSA) is 52.7 Å². The molecule has 138 valence electrons. The van der Waals surface area contributed by atoms with Crippen molar-refractivity contribution in [1.29, 1.82) is 0 Å². The lowest BCUT2D eigenvalue weighted by molar-refractivity contribution is -0.131. The number of nitrogens with zero attached hydrogens (tertiary/aromatic N) is 2. The molecule has 0 unspecified atom stereocenters. The standard InChI is InChI=1S/C19H22FN3O2S/c1-14-2-7-17(26-14)19(25)21-9-8-18(24)23-12-10-22(11-13-23)16-5-3-15(20)4-6-16/h2-7H,8-13H2,1H3,(H,21,25). The maximum atomic E-state index is 13.0. The van der Waals surface area contributed by atoms with Crippen LogP contribution in [0.4, 0.5) is 10.1 Å². The number of hydrogen-bond acceptors (Lipinski definition) is 4. The number of hydrogen-bond donors (Lipinski definition) is 1. The summed E-state index contributed by atoms with van der Waals surface area (Å²) in [5, 5.41) is 2.80. The lowest BCUT2D eigenvalue weighted by Gasteiger charge is -2.36. The van der Waals surface area contributed by atoms with E-state index in [1.165, 1.54) is 23.5 Å². The van der Waals surface area contributed by atoms with Gasteiger partial charge in [-0.05, 0) is 43.3 Å². The van der Waals surface area contributed by atoms with Crippen LogP contribution in [0.3, 0.4) is 0 Å². The first-order valence-corrected chi connectivity index (χ1v) is 9.47. The van der Waals surface area contributed by atoms with E-state index in [1.807, 2.05) is 17.9 Å². The lowest BCUT2D eigenvalue weighted by atomic mass is 10.2. The third-order valence-corrected chi connectivity index (χ3v) is 5.41. The molecule has 1 saturated heterocycles. The Bertz CT molecular complexity index is 767. The molecule has 2 amide bonds. The van der Waals surface area contributed by atoms with Gasteiger partial charge in [0.1, 0.15) is 5.82 Å². The van der Waals surface area contributed by atoms with E-state index in [0.717, 1.165) is 23.7 Å². The Labute approximate surface area is 156 Å². The second-order valence-corrected chi connectivity index (χ2v) is 7.55. The average Bonchev–Trinajstić information content (AvgIpc) is 3.09. The molecule has 0 saturated carbocycles. The Kier molecular flexibility index (Phi) is 5.88. The van der Waals surface area contributed by atoms with Gasteiger partial charge in [-0.2, -0.15) is 0 Å². The van der Waals surface area contributed by atoms with Crippen molar-refractivity contribution in [3.8, 4) is 0 Å². The van der Waals surface area contributed by atoms with Crippen molar-refractivity contribution in [2.45, 2.75) is 13.3 Å². The highest BCUT2D eigenvalue weighted by molar-refractivity contribution is 7.13. The van der Waals surface area contributed by atoms with E-state index in [-0.39, 0.29) is 17.6 Å². The number of thiophene rings is 1. The summed E-state index contributed by atoms with van der Waals surface area (Å²) in [6, 6.07) is 10.1. The fourth-order valence-corrected chi connectivity index (χ4v) is 3.73. The third-order valence-electron chi connectivity index (χ3n) is 4.41. The third kappa shape index (κ3) is 4.60. The van der Waals surface area contributed by atoms with Crippen LogP contribution in [0.5, 0.6) is 0 Å².